The highest BCUT2D eigenvalue weighted by molar-refractivity contribution is 5.98. The van der Waals surface area contributed by atoms with E-state index in [4.69, 9.17) is 4.74 Å². The fourth-order valence-electron chi connectivity index (χ4n) is 6.76. The molecule has 1 spiro atoms. The minimum Gasteiger partial charge on any atom is -0.481 e. The lowest BCUT2D eigenvalue weighted by Crippen LogP contribution is -2.62. The molecule has 3 saturated heterocycles. The first-order chi connectivity index (χ1) is 15.3. The van der Waals surface area contributed by atoms with Crippen molar-refractivity contribution in [3.05, 3.63) is 12.7 Å². The minimum absolute atomic E-state index is 0.0526. The van der Waals surface area contributed by atoms with E-state index in [-0.39, 0.29) is 17.9 Å². The maximum absolute atomic E-state index is 14.3. The Bertz CT molecular complexity index is 814. The predicted molar refractivity (Wildman–Crippen MR) is 123 cm³/mol. The zero-order valence-corrected chi connectivity index (χ0v) is 20.8. The number of aliphatic carboxylic acids is 1. The van der Waals surface area contributed by atoms with Gasteiger partial charge in [0.25, 0.3) is 0 Å². The van der Waals surface area contributed by atoms with Gasteiger partial charge in [-0.15, -0.1) is 6.58 Å². The molecule has 0 aliphatic carbocycles. The molecule has 0 aromatic carbocycles. The van der Waals surface area contributed by atoms with Crippen LogP contribution in [0.2, 0.25) is 0 Å². The monoisotopic (exact) mass is 464 g/mol. The van der Waals surface area contributed by atoms with Crippen LogP contribution in [0.5, 0.6) is 0 Å². The fourth-order valence-corrected chi connectivity index (χ4v) is 6.76. The summed E-state index contributed by atoms with van der Waals surface area (Å²) >= 11 is 0. The third kappa shape index (κ3) is 4.09. The van der Waals surface area contributed by atoms with Gasteiger partial charge in [0.05, 0.1) is 30.6 Å². The molecule has 0 aromatic rings. The van der Waals surface area contributed by atoms with Gasteiger partial charge in [-0.2, -0.15) is 0 Å². The number of rotatable bonds is 9. The van der Waals surface area contributed by atoms with Gasteiger partial charge in [-0.05, 0) is 44.9 Å². The van der Waals surface area contributed by atoms with Crippen molar-refractivity contribution >= 4 is 17.8 Å². The third-order valence-corrected chi connectivity index (χ3v) is 7.60. The number of likely N-dealkylation sites (tertiary alicyclic amines) is 1. The van der Waals surface area contributed by atoms with Crippen molar-refractivity contribution in [2.24, 2.45) is 17.3 Å². The number of ether oxygens (including phenoxy) is 1. The summed E-state index contributed by atoms with van der Waals surface area (Å²) in [7, 11) is 0. The number of carboxylic acid groups (broad SMARTS) is 1. The molecule has 8 heteroatoms. The highest BCUT2D eigenvalue weighted by Gasteiger charge is 2.75. The highest BCUT2D eigenvalue weighted by atomic mass is 16.5. The SMILES string of the molecule is C=CCN(C(=O)C1N([C@@H](CC)CO)C(=O)[C@@H]2[C@@H](C(=O)O)[C@H]3CCC12O3)C(C)(C)CC(C)(C)C. The summed E-state index contributed by atoms with van der Waals surface area (Å²) in [6.07, 6.45) is 3.22. The molecule has 3 heterocycles. The summed E-state index contributed by atoms with van der Waals surface area (Å²) in [5.41, 5.74) is -1.78. The number of carboxylic acids is 1. The van der Waals surface area contributed by atoms with E-state index in [2.05, 4.69) is 27.4 Å². The summed E-state index contributed by atoms with van der Waals surface area (Å²) in [6, 6.07) is -1.56. The van der Waals surface area contributed by atoms with Crippen LogP contribution in [-0.2, 0) is 19.1 Å². The average molecular weight is 465 g/mol. The van der Waals surface area contributed by atoms with Crippen LogP contribution >= 0.6 is 0 Å². The van der Waals surface area contributed by atoms with Crippen LogP contribution < -0.4 is 0 Å². The molecule has 186 valence electrons. The molecule has 2 amide bonds. The lowest BCUT2D eigenvalue weighted by Gasteiger charge is -2.46. The zero-order chi connectivity index (χ0) is 24.9. The van der Waals surface area contributed by atoms with Gasteiger partial charge >= 0.3 is 5.97 Å². The molecule has 0 saturated carbocycles. The second kappa shape index (κ2) is 8.69. The van der Waals surface area contributed by atoms with Gasteiger partial charge in [-0.3, -0.25) is 14.4 Å². The second-order valence-corrected chi connectivity index (χ2v) is 11.7. The van der Waals surface area contributed by atoms with Gasteiger partial charge in [-0.1, -0.05) is 33.8 Å². The molecule has 0 radical (unpaired) electrons. The molecule has 3 aliphatic rings. The van der Waals surface area contributed by atoms with Crippen molar-refractivity contribution in [3.63, 3.8) is 0 Å². The Morgan fingerprint density at radius 3 is 2.45 bits per heavy atom. The summed E-state index contributed by atoms with van der Waals surface area (Å²) in [5.74, 6) is -3.62. The van der Waals surface area contributed by atoms with Gasteiger partial charge < -0.3 is 24.7 Å². The molecule has 6 atom stereocenters. The van der Waals surface area contributed by atoms with Gasteiger partial charge in [0.2, 0.25) is 11.8 Å². The van der Waals surface area contributed by atoms with E-state index in [0.29, 0.717) is 25.8 Å². The van der Waals surface area contributed by atoms with Crippen molar-refractivity contribution in [1.29, 1.82) is 0 Å². The first-order valence-corrected chi connectivity index (χ1v) is 12.0. The normalized spacial score (nSPS) is 32.1. The molecule has 2 bridgehead atoms. The Hall–Kier alpha value is -1.93. The largest absolute Gasteiger partial charge is 0.481 e. The molecule has 3 rings (SSSR count). The number of carbonyl (C=O) groups excluding carboxylic acids is 2. The third-order valence-electron chi connectivity index (χ3n) is 7.60. The number of fused-ring (bicyclic) bond motifs is 1. The Kier molecular flexibility index (Phi) is 6.77. The number of aliphatic hydroxyl groups is 1. The summed E-state index contributed by atoms with van der Waals surface area (Å²) < 4.78 is 6.27. The molecule has 33 heavy (non-hydrogen) atoms. The number of amides is 2. The van der Waals surface area contributed by atoms with Crippen LogP contribution in [0.15, 0.2) is 12.7 Å². The van der Waals surface area contributed by atoms with E-state index in [1.807, 2.05) is 20.8 Å². The van der Waals surface area contributed by atoms with Crippen molar-refractivity contribution in [2.45, 2.75) is 96.6 Å². The Balaban J connectivity index is 2.11. The minimum atomic E-state index is -1.18. The van der Waals surface area contributed by atoms with Gasteiger partial charge in [0, 0.05) is 12.1 Å². The molecule has 2 unspecified atom stereocenters. The van der Waals surface area contributed by atoms with E-state index < -0.39 is 53.0 Å². The van der Waals surface area contributed by atoms with Crippen LogP contribution in [0, 0.1) is 17.3 Å². The Morgan fingerprint density at radius 2 is 1.97 bits per heavy atom. The number of carbonyl (C=O) groups is 3. The standard InChI is InChI=1S/C25H40N2O6/c1-8-12-26(24(6,7)14-23(3,4)5)21(30)19-25-11-10-16(33-25)17(22(31)32)18(25)20(29)27(19)15(9-2)13-28/h8,15-19,28H,1,9-14H2,2-7H3,(H,31,32)/t15-,16+,17-,18-,19?,25?/m0/s1. The van der Waals surface area contributed by atoms with Gasteiger partial charge in [0.15, 0.2) is 0 Å². The van der Waals surface area contributed by atoms with E-state index >= 15 is 0 Å². The van der Waals surface area contributed by atoms with Crippen molar-refractivity contribution < 1.29 is 29.3 Å². The van der Waals surface area contributed by atoms with Crippen LogP contribution in [0.1, 0.15) is 67.2 Å². The van der Waals surface area contributed by atoms with Gasteiger partial charge in [0.1, 0.15) is 11.6 Å². The van der Waals surface area contributed by atoms with E-state index in [1.165, 1.54) is 4.90 Å². The average Bonchev–Trinajstić information content (AvgIpc) is 3.32. The quantitative estimate of drug-likeness (QED) is 0.508. The first kappa shape index (κ1) is 25.7. The Morgan fingerprint density at radius 1 is 1.33 bits per heavy atom. The number of hydrogen-bond acceptors (Lipinski definition) is 5. The molecular weight excluding hydrogens is 424 g/mol. The molecule has 2 N–H and O–H groups in total. The van der Waals surface area contributed by atoms with Crippen LogP contribution in [0.4, 0.5) is 0 Å². The van der Waals surface area contributed by atoms with E-state index in [0.717, 1.165) is 6.42 Å². The van der Waals surface area contributed by atoms with Crippen LogP contribution in [0.3, 0.4) is 0 Å². The molecule has 3 fully saturated rings. The lowest BCUT2D eigenvalue weighted by atomic mass is 9.70. The molecule has 8 nitrogen and oxygen atoms in total. The molecular formula is C25H40N2O6. The van der Waals surface area contributed by atoms with Crippen molar-refractivity contribution in [2.75, 3.05) is 13.2 Å². The second-order valence-electron chi connectivity index (χ2n) is 11.7. The maximum atomic E-state index is 14.3. The van der Waals surface area contributed by atoms with E-state index in [9.17, 15) is 24.6 Å². The first-order valence-electron chi connectivity index (χ1n) is 12.0. The predicted octanol–water partition coefficient (Wildman–Crippen LogP) is 2.45. The summed E-state index contributed by atoms with van der Waals surface area (Å²) in [6.45, 7) is 16.0. The Labute approximate surface area is 196 Å². The fraction of sp³-hybridized carbons (Fsp3) is 0.800. The molecule has 0 aromatic heterocycles. The molecule has 3 aliphatic heterocycles. The number of aliphatic hydroxyl groups excluding tert-OH is 1. The van der Waals surface area contributed by atoms with Crippen molar-refractivity contribution in [3.8, 4) is 0 Å². The highest BCUT2D eigenvalue weighted by Crippen LogP contribution is 2.59. The van der Waals surface area contributed by atoms with E-state index in [1.54, 1.807) is 11.0 Å². The number of hydrogen-bond donors (Lipinski definition) is 2. The maximum Gasteiger partial charge on any atom is 0.310 e. The zero-order valence-electron chi connectivity index (χ0n) is 20.8. The van der Waals surface area contributed by atoms with Crippen LogP contribution in [-0.4, -0.2) is 80.3 Å². The van der Waals surface area contributed by atoms with Crippen LogP contribution in [0.25, 0.3) is 0 Å². The smallest absolute Gasteiger partial charge is 0.310 e. The summed E-state index contributed by atoms with van der Waals surface area (Å²) in [5, 5.41) is 20.0. The van der Waals surface area contributed by atoms with Gasteiger partial charge in [-0.25, -0.2) is 0 Å². The lowest BCUT2D eigenvalue weighted by molar-refractivity contribution is -0.156. The van der Waals surface area contributed by atoms with Crippen molar-refractivity contribution in [1.82, 2.24) is 9.80 Å². The number of nitrogens with zero attached hydrogens (tertiary/aromatic N) is 2. The summed E-state index contributed by atoms with van der Waals surface area (Å²) in [4.78, 5) is 43.4. The topological polar surface area (TPSA) is 107 Å².